The predicted octanol–water partition coefficient (Wildman–Crippen LogP) is 2.06. The van der Waals surface area contributed by atoms with Gasteiger partial charge in [0, 0.05) is 13.1 Å². The van der Waals surface area contributed by atoms with Gasteiger partial charge in [0.25, 0.3) is 0 Å². The number of rotatable bonds is 6. The molecule has 1 heterocycles. The number of likely N-dealkylation sites (tertiary alicyclic amines) is 1. The van der Waals surface area contributed by atoms with Crippen molar-refractivity contribution in [1.29, 1.82) is 0 Å². The van der Waals surface area contributed by atoms with Crippen molar-refractivity contribution in [3.8, 4) is 11.5 Å². The van der Waals surface area contributed by atoms with E-state index in [1.165, 1.54) is 5.56 Å². The molecule has 1 aromatic carbocycles. The number of benzene rings is 1. The zero-order chi connectivity index (χ0) is 14.4. The molecule has 1 aliphatic rings. The van der Waals surface area contributed by atoms with Crippen LogP contribution in [0, 0.1) is 0 Å². The second kappa shape index (κ2) is 7.50. The molecule has 4 heteroatoms. The topological polar surface area (TPSA) is 47.7 Å². The number of nitrogens with two attached hydrogens (primary N) is 1. The van der Waals surface area contributed by atoms with Gasteiger partial charge in [-0.15, -0.1) is 0 Å². The molecule has 0 saturated carbocycles. The lowest BCUT2D eigenvalue weighted by atomic mass is 10.1. The van der Waals surface area contributed by atoms with Crippen molar-refractivity contribution >= 4 is 0 Å². The van der Waals surface area contributed by atoms with Crippen LogP contribution in [-0.4, -0.2) is 44.8 Å². The lowest BCUT2D eigenvalue weighted by Gasteiger charge is -2.29. The molecule has 0 radical (unpaired) electrons. The summed E-state index contributed by atoms with van der Waals surface area (Å²) in [6, 6.07) is 6.21. The summed E-state index contributed by atoms with van der Waals surface area (Å²) >= 11 is 0. The van der Waals surface area contributed by atoms with Gasteiger partial charge in [0.05, 0.1) is 7.11 Å². The van der Waals surface area contributed by atoms with Gasteiger partial charge in [-0.2, -0.15) is 0 Å². The van der Waals surface area contributed by atoms with Crippen LogP contribution >= 0.6 is 0 Å². The standard InChI is InChI=1S/C16H26N2O2/c1-18-10-7-14(8-11-18)20-15-6-5-13(4-3-9-17)12-16(15)19-2/h5-6,12,14H,3-4,7-11,17H2,1-2H3. The van der Waals surface area contributed by atoms with E-state index >= 15 is 0 Å². The molecule has 0 atom stereocenters. The molecule has 1 fully saturated rings. The molecule has 2 N–H and O–H groups in total. The molecule has 20 heavy (non-hydrogen) atoms. The van der Waals surface area contributed by atoms with E-state index in [0.717, 1.165) is 56.8 Å². The first-order valence-electron chi connectivity index (χ1n) is 7.45. The van der Waals surface area contributed by atoms with Crippen LogP contribution in [0.5, 0.6) is 11.5 Å². The number of piperidine rings is 1. The molecule has 0 spiro atoms. The maximum atomic E-state index is 6.11. The van der Waals surface area contributed by atoms with Crippen LogP contribution < -0.4 is 15.2 Å². The molecule has 0 bridgehead atoms. The lowest BCUT2D eigenvalue weighted by Crippen LogP contribution is -2.35. The van der Waals surface area contributed by atoms with Crippen molar-refractivity contribution in [2.45, 2.75) is 31.8 Å². The normalized spacial score (nSPS) is 17.1. The quantitative estimate of drug-likeness (QED) is 0.865. The Balaban J connectivity index is 1.99. The van der Waals surface area contributed by atoms with Crippen molar-refractivity contribution in [2.75, 3.05) is 33.8 Å². The third kappa shape index (κ3) is 4.12. The van der Waals surface area contributed by atoms with Crippen LogP contribution in [0.2, 0.25) is 0 Å². The monoisotopic (exact) mass is 278 g/mol. The molecule has 1 aliphatic heterocycles. The van der Waals surface area contributed by atoms with Gasteiger partial charge in [-0.05, 0) is 57.0 Å². The van der Waals surface area contributed by atoms with Gasteiger partial charge < -0.3 is 20.1 Å². The largest absolute Gasteiger partial charge is 0.493 e. The predicted molar refractivity (Wildman–Crippen MR) is 81.5 cm³/mol. The molecule has 0 aromatic heterocycles. The Labute approximate surface area is 121 Å². The van der Waals surface area contributed by atoms with E-state index in [2.05, 4.69) is 24.1 Å². The number of hydrogen-bond donors (Lipinski definition) is 1. The number of hydrogen-bond acceptors (Lipinski definition) is 4. The van der Waals surface area contributed by atoms with E-state index in [9.17, 15) is 0 Å². The van der Waals surface area contributed by atoms with Crippen LogP contribution in [0.3, 0.4) is 0 Å². The maximum Gasteiger partial charge on any atom is 0.161 e. The Morgan fingerprint density at radius 2 is 2.00 bits per heavy atom. The van der Waals surface area contributed by atoms with Crippen LogP contribution in [0.1, 0.15) is 24.8 Å². The zero-order valence-corrected chi connectivity index (χ0v) is 12.6. The molecule has 4 nitrogen and oxygen atoms in total. The minimum atomic E-state index is 0.301. The Hall–Kier alpha value is -1.26. The van der Waals surface area contributed by atoms with E-state index in [4.69, 9.17) is 15.2 Å². The summed E-state index contributed by atoms with van der Waals surface area (Å²) in [5.41, 5.74) is 6.80. The molecule has 0 unspecified atom stereocenters. The summed E-state index contributed by atoms with van der Waals surface area (Å²) in [7, 11) is 3.85. The highest BCUT2D eigenvalue weighted by atomic mass is 16.5. The molecule has 1 saturated heterocycles. The smallest absolute Gasteiger partial charge is 0.161 e. The summed E-state index contributed by atoms with van der Waals surface area (Å²) in [5, 5.41) is 0. The Bertz CT molecular complexity index is 415. The molecule has 0 aliphatic carbocycles. The Morgan fingerprint density at radius 1 is 1.25 bits per heavy atom. The number of methoxy groups -OCH3 is 1. The summed E-state index contributed by atoms with van der Waals surface area (Å²) < 4.78 is 11.6. The molecule has 1 aromatic rings. The molecule has 2 rings (SSSR count). The summed E-state index contributed by atoms with van der Waals surface area (Å²) in [5.74, 6) is 1.69. The fourth-order valence-electron chi connectivity index (χ4n) is 2.55. The van der Waals surface area contributed by atoms with Crippen LogP contribution in [0.4, 0.5) is 0 Å². The van der Waals surface area contributed by atoms with Crippen molar-refractivity contribution < 1.29 is 9.47 Å². The molecular weight excluding hydrogens is 252 g/mol. The number of ether oxygens (including phenoxy) is 2. The van der Waals surface area contributed by atoms with Gasteiger partial charge in [0.1, 0.15) is 6.10 Å². The Kier molecular flexibility index (Phi) is 5.68. The first-order valence-corrected chi connectivity index (χ1v) is 7.45. The van der Waals surface area contributed by atoms with Gasteiger partial charge in [-0.1, -0.05) is 6.07 Å². The zero-order valence-electron chi connectivity index (χ0n) is 12.6. The number of nitrogens with zero attached hydrogens (tertiary/aromatic N) is 1. The third-order valence-electron chi connectivity index (χ3n) is 3.86. The SMILES string of the molecule is COc1cc(CCCN)ccc1OC1CCN(C)CC1. The van der Waals surface area contributed by atoms with Crippen molar-refractivity contribution in [3.63, 3.8) is 0 Å². The van der Waals surface area contributed by atoms with Crippen LogP contribution in [0.15, 0.2) is 18.2 Å². The molecular formula is C16H26N2O2. The highest BCUT2D eigenvalue weighted by molar-refractivity contribution is 5.43. The van der Waals surface area contributed by atoms with Crippen LogP contribution in [0.25, 0.3) is 0 Å². The van der Waals surface area contributed by atoms with Crippen molar-refractivity contribution in [2.24, 2.45) is 5.73 Å². The fraction of sp³-hybridized carbons (Fsp3) is 0.625. The first kappa shape index (κ1) is 15.1. The van der Waals surface area contributed by atoms with Crippen LogP contribution in [-0.2, 0) is 6.42 Å². The summed E-state index contributed by atoms with van der Waals surface area (Å²) in [6.07, 6.45) is 4.44. The van der Waals surface area contributed by atoms with E-state index in [1.807, 2.05) is 6.07 Å². The molecule has 112 valence electrons. The van der Waals surface area contributed by atoms with Crippen molar-refractivity contribution in [1.82, 2.24) is 4.90 Å². The second-order valence-corrected chi connectivity index (χ2v) is 5.50. The Morgan fingerprint density at radius 3 is 2.65 bits per heavy atom. The van der Waals surface area contributed by atoms with E-state index in [1.54, 1.807) is 7.11 Å². The highest BCUT2D eigenvalue weighted by Gasteiger charge is 2.19. The van der Waals surface area contributed by atoms with Gasteiger partial charge in [-0.3, -0.25) is 0 Å². The van der Waals surface area contributed by atoms with Gasteiger partial charge in [-0.25, -0.2) is 0 Å². The second-order valence-electron chi connectivity index (χ2n) is 5.50. The summed E-state index contributed by atoms with van der Waals surface area (Å²) in [4.78, 5) is 2.34. The maximum absolute atomic E-state index is 6.11. The van der Waals surface area contributed by atoms with Gasteiger partial charge in [0.15, 0.2) is 11.5 Å². The highest BCUT2D eigenvalue weighted by Crippen LogP contribution is 2.30. The van der Waals surface area contributed by atoms with Gasteiger partial charge >= 0.3 is 0 Å². The molecule has 0 amide bonds. The lowest BCUT2D eigenvalue weighted by molar-refractivity contribution is 0.111. The van der Waals surface area contributed by atoms with Gasteiger partial charge in [0.2, 0.25) is 0 Å². The van der Waals surface area contributed by atoms with E-state index in [0.29, 0.717) is 6.10 Å². The van der Waals surface area contributed by atoms with Crippen molar-refractivity contribution in [3.05, 3.63) is 23.8 Å². The average Bonchev–Trinajstić information content (AvgIpc) is 2.48. The van der Waals surface area contributed by atoms with E-state index < -0.39 is 0 Å². The first-order chi connectivity index (χ1) is 9.72. The van der Waals surface area contributed by atoms with E-state index in [-0.39, 0.29) is 0 Å². The fourth-order valence-corrected chi connectivity index (χ4v) is 2.55. The minimum absolute atomic E-state index is 0.301. The third-order valence-corrected chi connectivity index (χ3v) is 3.86. The minimum Gasteiger partial charge on any atom is -0.493 e. The number of aryl methyl sites for hydroxylation is 1. The average molecular weight is 278 g/mol. The summed E-state index contributed by atoms with van der Waals surface area (Å²) in [6.45, 7) is 2.92.